The number of thiophene rings is 1. The number of thiol groups is 1. The monoisotopic (exact) mass is 176 g/mol. The summed E-state index contributed by atoms with van der Waals surface area (Å²) in [6.07, 6.45) is 0. The second-order valence-electron chi connectivity index (χ2n) is 1.54. The highest BCUT2D eigenvalue weighted by Gasteiger charge is 2.07. The fourth-order valence-electron chi connectivity index (χ4n) is 0.490. The van der Waals surface area contributed by atoms with Crippen molar-refractivity contribution in [1.82, 2.24) is 0 Å². The molecule has 0 fully saturated rings. The number of carbonyl (C=O) groups is 1. The number of hydrogen-bond acceptors (Lipinski definition) is 4. The molecule has 3 nitrogen and oxygen atoms in total. The fraction of sp³-hybridized carbons (Fsp3) is 0. The molecule has 0 saturated carbocycles. The Morgan fingerprint density at radius 3 is 2.60 bits per heavy atom. The maximum atomic E-state index is 10.6. The van der Waals surface area contributed by atoms with E-state index in [2.05, 4.69) is 0 Å². The maximum Gasteiger partial charge on any atom is 0.283 e. The largest absolute Gasteiger partial charge is 0.283 e. The van der Waals surface area contributed by atoms with Gasteiger partial charge in [-0.1, -0.05) is 6.07 Å². The molecule has 0 aliphatic heterocycles. The molecule has 0 spiro atoms. The Morgan fingerprint density at radius 2 is 2.20 bits per heavy atom. The quantitative estimate of drug-likeness (QED) is 0.634. The van der Waals surface area contributed by atoms with E-state index in [1.54, 1.807) is 11.4 Å². The van der Waals surface area contributed by atoms with Crippen LogP contribution in [-0.4, -0.2) is 13.5 Å². The Bertz CT molecular complexity index is 289. The van der Waals surface area contributed by atoms with Gasteiger partial charge >= 0.3 is 0 Å². The zero-order chi connectivity index (χ0) is 7.56. The molecule has 0 radical (unpaired) electrons. The van der Waals surface area contributed by atoms with Crippen LogP contribution in [0.3, 0.4) is 0 Å². The molecular formula is C5H4O3S2. The van der Waals surface area contributed by atoms with Crippen LogP contribution in [0.5, 0.6) is 0 Å². The molecule has 0 aromatic carbocycles. The zero-order valence-electron chi connectivity index (χ0n) is 4.81. The highest BCUT2D eigenvalue weighted by atomic mass is 32.2. The third-order valence-corrected chi connectivity index (χ3v) is 2.49. The van der Waals surface area contributed by atoms with Gasteiger partial charge < -0.3 is 0 Å². The van der Waals surface area contributed by atoms with Crippen molar-refractivity contribution in [2.75, 3.05) is 0 Å². The minimum atomic E-state index is -2.94. The summed E-state index contributed by atoms with van der Waals surface area (Å²) in [5.41, 5.74) is 0. The molecule has 1 rings (SSSR count). The SMILES string of the molecule is O=C(c1cccs1)[SH](=O)=O. The summed E-state index contributed by atoms with van der Waals surface area (Å²) in [7, 11) is -2.94. The minimum Gasteiger partial charge on any atom is -0.275 e. The average Bonchev–Trinajstić information content (AvgIpc) is 2.36. The van der Waals surface area contributed by atoms with Crippen LogP contribution in [0, 0.1) is 0 Å². The second kappa shape index (κ2) is 2.94. The average molecular weight is 176 g/mol. The summed E-state index contributed by atoms with van der Waals surface area (Å²) in [6, 6.07) is 3.12. The molecular weight excluding hydrogens is 172 g/mol. The molecule has 0 atom stereocenters. The third-order valence-electron chi connectivity index (χ3n) is 0.898. The van der Waals surface area contributed by atoms with Gasteiger partial charge in [0, 0.05) is 0 Å². The molecule has 0 N–H and O–H groups in total. The Labute approximate surface area is 63.3 Å². The molecule has 54 valence electrons. The van der Waals surface area contributed by atoms with E-state index in [1.807, 2.05) is 0 Å². The highest BCUT2D eigenvalue weighted by molar-refractivity contribution is 7.90. The van der Waals surface area contributed by atoms with Crippen LogP contribution in [-0.2, 0) is 10.7 Å². The number of carbonyl (C=O) groups excluding carboxylic acids is 1. The topological polar surface area (TPSA) is 51.2 Å². The summed E-state index contributed by atoms with van der Waals surface area (Å²) >= 11 is 1.13. The van der Waals surface area contributed by atoms with Gasteiger partial charge in [-0.25, -0.2) is 8.42 Å². The van der Waals surface area contributed by atoms with Gasteiger partial charge in [0.1, 0.15) is 0 Å². The first-order valence-corrected chi connectivity index (χ1v) is 4.50. The van der Waals surface area contributed by atoms with E-state index in [0.717, 1.165) is 11.3 Å². The van der Waals surface area contributed by atoms with Gasteiger partial charge in [0.15, 0.2) is 0 Å². The molecule has 1 aromatic heterocycles. The standard InChI is InChI=1S/C5H4O3S2/c6-5(10(7)8)4-2-1-3-9-4/h1-3,10H. The van der Waals surface area contributed by atoms with E-state index in [0.29, 0.717) is 0 Å². The van der Waals surface area contributed by atoms with Gasteiger partial charge in [0.25, 0.3) is 5.12 Å². The summed E-state index contributed by atoms with van der Waals surface area (Å²) in [4.78, 5) is 10.9. The van der Waals surface area contributed by atoms with Crippen molar-refractivity contribution in [2.24, 2.45) is 0 Å². The van der Waals surface area contributed by atoms with Crippen LogP contribution in [0.15, 0.2) is 17.5 Å². The molecule has 0 aliphatic rings. The lowest BCUT2D eigenvalue weighted by molar-refractivity contribution is 0.108. The van der Waals surface area contributed by atoms with Crippen molar-refractivity contribution >= 4 is 27.2 Å². The second-order valence-corrected chi connectivity index (χ2v) is 3.41. The molecule has 10 heavy (non-hydrogen) atoms. The lowest BCUT2D eigenvalue weighted by Crippen LogP contribution is -1.95. The van der Waals surface area contributed by atoms with Gasteiger partial charge in [-0.15, -0.1) is 11.3 Å². The van der Waals surface area contributed by atoms with Gasteiger partial charge in [-0.2, -0.15) is 0 Å². The Kier molecular flexibility index (Phi) is 2.18. The van der Waals surface area contributed by atoms with Gasteiger partial charge in [-0.3, -0.25) is 4.79 Å². The summed E-state index contributed by atoms with van der Waals surface area (Å²) < 4.78 is 20.2. The van der Waals surface area contributed by atoms with Gasteiger partial charge in [0.05, 0.1) is 4.88 Å². The van der Waals surface area contributed by atoms with E-state index < -0.39 is 15.8 Å². The molecule has 0 saturated heterocycles. The molecule has 1 aromatic rings. The van der Waals surface area contributed by atoms with Crippen molar-refractivity contribution < 1.29 is 13.2 Å². The summed E-state index contributed by atoms with van der Waals surface area (Å²) in [5, 5.41) is 0.858. The van der Waals surface area contributed by atoms with Crippen LogP contribution in [0.4, 0.5) is 0 Å². The molecule has 0 aliphatic carbocycles. The fourth-order valence-corrected chi connectivity index (χ4v) is 1.69. The van der Waals surface area contributed by atoms with Crippen LogP contribution in [0.2, 0.25) is 0 Å². The predicted octanol–water partition coefficient (Wildman–Crippen LogP) is 0.500. The van der Waals surface area contributed by atoms with Crippen molar-refractivity contribution in [1.29, 1.82) is 0 Å². The van der Waals surface area contributed by atoms with Crippen LogP contribution < -0.4 is 0 Å². The molecule has 0 amide bonds. The van der Waals surface area contributed by atoms with E-state index in [-0.39, 0.29) is 4.88 Å². The first-order chi connectivity index (χ1) is 4.72. The lowest BCUT2D eigenvalue weighted by atomic mass is 10.5. The lowest BCUT2D eigenvalue weighted by Gasteiger charge is -1.80. The van der Waals surface area contributed by atoms with Crippen molar-refractivity contribution in [3.05, 3.63) is 22.4 Å². The van der Waals surface area contributed by atoms with Gasteiger partial charge in [0.2, 0.25) is 10.7 Å². The van der Waals surface area contributed by atoms with Crippen molar-refractivity contribution in [3.63, 3.8) is 0 Å². The molecule has 1 heterocycles. The minimum absolute atomic E-state index is 0.274. The van der Waals surface area contributed by atoms with E-state index >= 15 is 0 Å². The van der Waals surface area contributed by atoms with Gasteiger partial charge in [-0.05, 0) is 11.4 Å². The Hall–Kier alpha value is -0.680. The normalized spacial score (nSPS) is 10.1. The van der Waals surface area contributed by atoms with Crippen LogP contribution in [0.25, 0.3) is 0 Å². The first-order valence-electron chi connectivity index (χ1n) is 2.44. The summed E-state index contributed by atoms with van der Waals surface area (Å²) in [6.45, 7) is 0. The number of rotatable bonds is 1. The summed E-state index contributed by atoms with van der Waals surface area (Å²) in [5.74, 6) is 0. The first kappa shape index (κ1) is 7.43. The Balaban J connectivity index is 2.99. The predicted molar refractivity (Wildman–Crippen MR) is 39.0 cm³/mol. The van der Waals surface area contributed by atoms with Crippen molar-refractivity contribution in [2.45, 2.75) is 0 Å². The highest BCUT2D eigenvalue weighted by Crippen LogP contribution is 2.08. The Morgan fingerprint density at radius 1 is 1.50 bits per heavy atom. The maximum absolute atomic E-state index is 10.6. The van der Waals surface area contributed by atoms with Crippen molar-refractivity contribution in [3.8, 4) is 0 Å². The number of hydrogen-bond donors (Lipinski definition) is 1. The zero-order valence-corrected chi connectivity index (χ0v) is 6.52. The molecule has 0 bridgehead atoms. The van der Waals surface area contributed by atoms with Crippen LogP contribution in [0.1, 0.15) is 9.67 Å². The third kappa shape index (κ3) is 1.43. The van der Waals surface area contributed by atoms with E-state index in [4.69, 9.17) is 0 Å². The van der Waals surface area contributed by atoms with E-state index in [1.165, 1.54) is 6.07 Å². The van der Waals surface area contributed by atoms with E-state index in [9.17, 15) is 13.2 Å². The molecule has 0 unspecified atom stereocenters. The smallest absolute Gasteiger partial charge is 0.275 e. The van der Waals surface area contributed by atoms with Crippen LogP contribution >= 0.6 is 11.3 Å². The molecule has 5 heteroatoms.